The Morgan fingerprint density at radius 2 is 2.00 bits per heavy atom. The number of nitrogens with zero attached hydrogens (tertiary/aromatic N) is 2. The van der Waals surface area contributed by atoms with Crippen molar-refractivity contribution in [2.75, 3.05) is 7.11 Å². The van der Waals surface area contributed by atoms with E-state index in [-0.39, 0.29) is 27.9 Å². The van der Waals surface area contributed by atoms with Gasteiger partial charge < -0.3 is 9.47 Å². The number of benzene rings is 1. The third kappa shape index (κ3) is 5.71. The molecule has 0 fully saturated rings. The molecule has 0 saturated carbocycles. The van der Waals surface area contributed by atoms with Crippen LogP contribution in [0.3, 0.4) is 0 Å². The molecule has 0 amide bonds. The smallest absolute Gasteiger partial charge is 0.358 e. The Balaban J connectivity index is 2.32. The molecule has 1 N–H and O–H groups in total. The Kier molecular flexibility index (Phi) is 7.67. The molecular formula is C19H23ClFN3O4S. The van der Waals surface area contributed by atoms with Crippen LogP contribution in [0.4, 0.5) is 4.39 Å². The number of esters is 1. The Morgan fingerprint density at radius 1 is 1.31 bits per heavy atom. The minimum absolute atomic E-state index is 0.0138. The summed E-state index contributed by atoms with van der Waals surface area (Å²) in [6.45, 7) is 7.33. The third-order valence-electron chi connectivity index (χ3n) is 3.90. The number of carbonyl (C=O) groups excluding carboxylic acids is 1. The molecule has 29 heavy (non-hydrogen) atoms. The van der Waals surface area contributed by atoms with Crippen molar-refractivity contribution < 1.29 is 22.9 Å². The van der Waals surface area contributed by atoms with Crippen molar-refractivity contribution in [2.45, 2.75) is 44.9 Å². The molecule has 158 valence electrons. The minimum Gasteiger partial charge on any atom is -0.464 e. The summed E-state index contributed by atoms with van der Waals surface area (Å²) in [7, 11) is -0.169. The van der Waals surface area contributed by atoms with Crippen molar-refractivity contribution in [3.8, 4) is 11.6 Å². The highest BCUT2D eigenvalue weighted by Crippen LogP contribution is 2.36. The van der Waals surface area contributed by atoms with E-state index < -0.39 is 33.6 Å². The molecule has 0 bridgehead atoms. The second-order valence-electron chi connectivity index (χ2n) is 7.07. The number of hydrogen-bond acceptors (Lipinski definition) is 6. The highest BCUT2D eigenvalue weighted by molar-refractivity contribution is 7.84. The van der Waals surface area contributed by atoms with Crippen LogP contribution in [0.25, 0.3) is 0 Å². The predicted molar refractivity (Wildman–Crippen MR) is 109 cm³/mol. The van der Waals surface area contributed by atoms with Crippen LogP contribution >= 0.6 is 11.6 Å². The average molecular weight is 444 g/mol. The minimum atomic E-state index is -1.39. The van der Waals surface area contributed by atoms with E-state index in [1.807, 2.05) is 27.7 Å². The van der Waals surface area contributed by atoms with Gasteiger partial charge in [0.2, 0.25) is 5.88 Å². The van der Waals surface area contributed by atoms with Crippen molar-refractivity contribution in [1.29, 1.82) is 0 Å². The third-order valence-corrected chi connectivity index (χ3v) is 5.81. The van der Waals surface area contributed by atoms with Crippen molar-refractivity contribution in [3.63, 3.8) is 0 Å². The number of aromatic nitrogens is 2. The van der Waals surface area contributed by atoms with Gasteiger partial charge in [-0.05, 0) is 33.3 Å². The highest BCUT2D eigenvalue weighted by atomic mass is 35.5. The van der Waals surface area contributed by atoms with Crippen LogP contribution in [0.15, 0.2) is 24.5 Å². The molecule has 0 spiro atoms. The van der Waals surface area contributed by atoms with Gasteiger partial charge in [0, 0.05) is 11.6 Å². The fourth-order valence-electron chi connectivity index (χ4n) is 2.27. The van der Waals surface area contributed by atoms with Gasteiger partial charge in [0.05, 0.1) is 40.3 Å². The number of methoxy groups -OCH3 is 1. The maximum absolute atomic E-state index is 15.2. The van der Waals surface area contributed by atoms with Gasteiger partial charge in [-0.1, -0.05) is 24.6 Å². The van der Waals surface area contributed by atoms with E-state index in [0.717, 1.165) is 6.20 Å². The first-order valence-corrected chi connectivity index (χ1v) is 10.3. The number of carbonyl (C=O) groups is 1. The van der Waals surface area contributed by atoms with Crippen LogP contribution in [-0.4, -0.2) is 32.0 Å². The molecule has 0 aliphatic heterocycles. The van der Waals surface area contributed by atoms with Crippen molar-refractivity contribution in [1.82, 2.24) is 14.7 Å². The van der Waals surface area contributed by atoms with E-state index in [4.69, 9.17) is 16.3 Å². The first kappa shape index (κ1) is 23.2. The molecule has 2 atom stereocenters. The lowest BCUT2D eigenvalue weighted by atomic mass is 10.0. The molecule has 0 saturated heterocycles. The maximum Gasteiger partial charge on any atom is 0.358 e. The molecule has 0 radical (unpaired) electrons. The number of rotatable bonds is 7. The topological polar surface area (TPSA) is 90.4 Å². The lowest BCUT2D eigenvalue weighted by molar-refractivity contribution is 0.0593. The standard InChI is InChI=1S/C19H23ClFN3O4S/c1-6-13(24-29(26)19(2,3)4)11-7-8-12(20)17(16(11)21)28-15-10-22-14(9-23-15)18(25)27-5/h7-10,13,24H,6H2,1-5H3/t13-,29?/m1/s1. The molecule has 1 aromatic heterocycles. The van der Waals surface area contributed by atoms with Crippen molar-refractivity contribution in [2.24, 2.45) is 0 Å². The number of ether oxygens (including phenoxy) is 2. The second kappa shape index (κ2) is 9.60. The van der Waals surface area contributed by atoms with Crippen LogP contribution < -0.4 is 9.46 Å². The van der Waals surface area contributed by atoms with Crippen LogP contribution in [0, 0.1) is 5.82 Å². The Labute approximate surface area is 176 Å². The van der Waals surface area contributed by atoms with Gasteiger partial charge in [-0.25, -0.2) is 28.1 Å². The van der Waals surface area contributed by atoms with Gasteiger partial charge in [0.1, 0.15) is 0 Å². The predicted octanol–water partition coefficient (Wildman–Crippen LogP) is 4.35. The Morgan fingerprint density at radius 3 is 2.52 bits per heavy atom. The molecule has 0 aliphatic rings. The van der Waals surface area contributed by atoms with Gasteiger partial charge in [0.25, 0.3) is 0 Å². The van der Waals surface area contributed by atoms with Crippen molar-refractivity contribution in [3.05, 3.63) is 46.6 Å². The summed E-state index contributed by atoms with van der Waals surface area (Å²) in [6, 6.07) is 2.51. The number of halogens is 2. The van der Waals surface area contributed by atoms with Gasteiger partial charge in [0.15, 0.2) is 17.3 Å². The summed E-state index contributed by atoms with van der Waals surface area (Å²) in [5.41, 5.74) is 0.253. The first-order valence-electron chi connectivity index (χ1n) is 8.82. The zero-order chi connectivity index (χ0) is 21.8. The first-order chi connectivity index (χ1) is 13.6. The van der Waals surface area contributed by atoms with Gasteiger partial charge in [-0.2, -0.15) is 0 Å². The fraction of sp³-hybridized carbons (Fsp3) is 0.421. The molecule has 1 unspecified atom stereocenters. The molecule has 2 aromatic rings. The van der Waals surface area contributed by atoms with E-state index in [1.54, 1.807) is 0 Å². The van der Waals surface area contributed by atoms with Gasteiger partial charge >= 0.3 is 5.97 Å². The summed E-state index contributed by atoms with van der Waals surface area (Å²) < 4.78 is 40.1. The second-order valence-corrected chi connectivity index (χ2v) is 9.48. The molecule has 7 nitrogen and oxygen atoms in total. The highest BCUT2D eigenvalue weighted by Gasteiger charge is 2.26. The Bertz CT molecular complexity index is 904. The normalized spacial score (nSPS) is 13.6. The van der Waals surface area contributed by atoms with E-state index in [9.17, 15) is 9.00 Å². The molecule has 1 aromatic carbocycles. The summed E-state index contributed by atoms with van der Waals surface area (Å²) in [4.78, 5) is 19.2. The van der Waals surface area contributed by atoms with Crippen molar-refractivity contribution >= 4 is 28.6 Å². The van der Waals surface area contributed by atoms with E-state index in [0.29, 0.717) is 6.42 Å². The number of nitrogens with one attached hydrogen (secondary N) is 1. The fourth-order valence-corrected chi connectivity index (χ4v) is 3.36. The Hall–Kier alpha value is -2.10. The monoisotopic (exact) mass is 443 g/mol. The van der Waals surface area contributed by atoms with E-state index in [1.165, 1.54) is 25.4 Å². The van der Waals surface area contributed by atoms with Gasteiger partial charge in [-0.15, -0.1) is 0 Å². The maximum atomic E-state index is 15.2. The molecule has 2 rings (SSSR count). The quantitative estimate of drug-likeness (QED) is 0.640. The molecule has 10 heteroatoms. The molecular weight excluding hydrogens is 421 g/mol. The zero-order valence-corrected chi connectivity index (χ0v) is 18.4. The molecule has 1 heterocycles. The lowest BCUT2D eigenvalue weighted by Gasteiger charge is -2.24. The largest absolute Gasteiger partial charge is 0.464 e. The molecule has 0 aliphatic carbocycles. The van der Waals surface area contributed by atoms with Crippen LogP contribution in [0.2, 0.25) is 5.02 Å². The summed E-state index contributed by atoms with van der Waals surface area (Å²) in [6.07, 6.45) is 2.81. The van der Waals surface area contributed by atoms with E-state index >= 15 is 4.39 Å². The average Bonchev–Trinajstić information content (AvgIpc) is 2.68. The van der Waals surface area contributed by atoms with Crippen LogP contribution in [0.1, 0.15) is 56.2 Å². The van der Waals surface area contributed by atoms with Crippen LogP contribution in [0.5, 0.6) is 11.6 Å². The summed E-state index contributed by atoms with van der Waals surface area (Å²) in [5, 5.41) is 0.0388. The van der Waals surface area contributed by atoms with Gasteiger partial charge in [-0.3, -0.25) is 0 Å². The zero-order valence-electron chi connectivity index (χ0n) is 16.8. The lowest BCUT2D eigenvalue weighted by Crippen LogP contribution is -2.35. The summed E-state index contributed by atoms with van der Waals surface area (Å²) in [5.74, 6) is -1.62. The number of hydrogen-bond donors (Lipinski definition) is 1. The SMILES string of the molecule is CC[C@@H](NS(=O)C(C)(C)C)c1ccc(Cl)c(Oc2cnc(C(=O)OC)cn2)c1F. The van der Waals surface area contributed by atoms with Crippen LogP contribution in [-0.2, 0) is 15.7 Å². The van der Waals surface area contributed by atoms with E-state index in [2.05, 4.69) is 19.4 Å². The summed E-state index contributed by atoms with van der Waals surface area (Å²) >= 11 is 6.11.